The lowest BCUT2D eigenvalue weighted by molar-refractivity contribution is 0.625. The van der Waals surface area contributed by atoms with Gasteiger partial charge in [0.25, 0.3) is 0 Å². The van der Waals surface area contributed by atoms with Crippen LogP contribution in [0.15, 0.2) is 35.6 Å². The van der Waals surface area contributed by atoms with Crippen LogP contribution in [0.4, 0.5) is 4.39 Å². The first-order chi connectivity index (χ1) is 11.6. The van der Waals surface area contributed by atoms with Crippen molar-refractivity contribution >= 4 is 41.7 Å². The molecule has 2 rings (SSSR count). The van der Waals surface area contributed by atoms with Crippen LogP contribution in [-0.2, 0) is 25.8 Å². The molecular weight excluding hydrogens is 452 g/mol. The van der Waals surface area contributed by atoms with Crippen molar-refractivity contribution < 1.29 is 4.39 Å². The summed E-state index contributed by atoms with van der Waals surface area (Å²) in [5, 5.41) is 10.7. The number of rotatable bonds is 7. The molecule has 0 radical (unpaired) electrons. The third-order valence-electron chi connectivity index (χ3n) is 3.60. The third-order valence-corrected chi connectivity index (χ3v) is 4.20. The minimum atomic E-state index is -0.193. The standard InChI is InChI=1S/C17H24FN5S.HI/c1-19-17(20-7-6-13-9-22-23(2)11-13)21-10-14-4-5-16(18)8-15(14)12-24-3;/h4-5,8-9,11H,6-7,10,12H2,1-3H3,(H2,19,20,21);1H. The summed E-state index contributed by atoms with van der Waals surface area (Å²) in [6.07, 6.45) is 6.76. The molecule has 2 N–H and O–H groups in total. The smallest absolute Gasteiger partial charge is 0.191 e. The molecule has 0 aliphatic carbocycles. The quantitative estimate of drug-likeness (QED) is 0.366. The van der Waals surface area contributed by atoms with Crippen molar-refractivity contribution in [3.63, 3.8) is 0 Å². The molecule has 0 aliphatic rings. The van der Waals surface area contributed by atoms with Crippen LogP contribution in [0.25, 0.3) is 0 Å². The SMILES string of the molecule is CN=C(NCCc1cnn(C)c1)NCc1ccc(F)cc1CSC.I. The fourth-order valence-corrected chi connectivity index (χ4v) is 2.96. The second-order valence-corrected chi connectivity index (χ2v) is 6.34. The number of nitrogens with one attached hydrogen (secondary N) is 2. The van der Waals surface area contributed by atoms with Crippen LogP contribution in [0.2, 0.25) is 0 Å². The van der Waals surface area contributed by atoms with E-state index in [1.807, 2.05) is 31.8 Å². The summed E-state index contributed by atoms with van der Waals surface area (Å²) in [4.78, 5) is 4.23. The minimum Gasteiger partial charge on any atom is -0.356 e. The highest BCUT2D eigenvalue weighted by atomic mass is 127. The number of aromatic nitrogens is 2. The molecule has 1 heterocycles. The van der Waals surface area contributed by atoms with Crippen molar-refractivity contribution in [2.45, 2.75) is 18.7 Å². The summed E-state index contributed by atoms with van der Waals surface area (Å²) in [6, 6.07) is 4.93. The molecule has 0 saturated carbocycles. The normalized spacial score (nSPS) is 11.1. The number of hydrogen-bond donors (Lipinski definition) is 2. The molecule has 0 bridgehead atoms. The van der Waals surface area contributed by atoms with Gasteiger partial charge in [-0.1, -0.05) is 6.07 Å². The zero-order valence-corrected chi connectivity index (χ0v) is 17.9. The summed E-state index contributed by atoms with van der Waals surface area (Å²) in [6.45, 7) is 1.38. The van der Waals surface area contributed by atoms with Gasteiger partial charge in [-0.05, 0) is 41.5 Å². The molecule has 0 fully saturated rings. The van der Waals surface area contributed by atoms with Crippen molar-refractivity contribution in [3.05, 3.63) is 53.1 Å². The zero-order valence-electron chi connectivity index (χ0n) is 14.8. The van der Waals surface area contributed by atoms with E-state index in [-0.39, 0.29) is 29.8 Å². The number of guanidine groups is 1. The number of aliphatic imine (C=N–C) groups is 1. The first kappa shape index (κ1) is 21.8. The van der Waals surface area contributed by atoms with E-state index in [1.165, 1.54) is 11.6 Å². The van der Waals surface area contributed by atoms with Crippen LogP contribution >= 0.6 is 35.7 Å². The van der Waals surface area contributed by atoms with E-state index in [0.29, 0.717) is 6.54 Å². The van der Waals surface area contributed by atoms with Crippen LogP contribution in [-0.4, -0.2) is 35.6 Å². The molecule has 0 saturated heterocycles. The van der Waals surface area contributed by atoms with Crippen LogP contribution in [0.3, 0.4) is 0 Å². The van der Waals surface area contributed by atoms with Crippen molar-refractivity contribution in [1.82, 2.24) is 20.4 Å². The fourth-order valence-electron chi connectivity index (χ4n) is 2.38. The van der Waals surface area contributed by atoms with Gasteiger partial charge >= 0.3 is 0 Å². The third kappa shape index (κ3) is 7.23. The van der Waals surface area contributed by atoms with E-state index < -0.39 is 0 Å². The highest BCUT2D eigenvalue weighted by molar-refractivity contribution is 14.0. The van der Waals surface area contributed by atoms with Gasteiger partial charge < -0.3 is 10.6 Å². The first-order valence-electron chi connectivity index (χ1n) is 7.80. The van der Waals surface area contributed by atoms with Crippen molar-refractivity contribution in [2.75, 3.05) is 19.8 Å². The summed E-state index contributed by atoms with van der Waals surface area (Å²) >= 11 is 1.68. The second-order valence-electron chi connectivity index (χ2n) is 5.47. The number of thioether (sulfide) groups is 1. The molecular formula is C17H25FIN5S. The van der Waals surface area contributed by atoms with Crippen molar-refractivity contribution in [1.29, 1.82) is 0 Å². The second kappa shape index (κ2) is 11.3. The van der Waals surface area contributed by atoms with E-state index in [4.69, 9.17) is 0 Å². The molecule has 5 nitrogen and oxygen atoms in total. The van der Waals surface area contributed by atoms with Crippen LogP contribution in [0, 0.1) is 5.82 Å². The molecule has 8 heteroatoms. The van der Waals surface area contributed by atoms with E-state index in [2.05, 4.69) is 20.7 Å². The van der Waals surface area contributed by atoms with Gasteiger partial charge in [-0.2, -0.15) is 16.9 Å². The Morgan fingerprint density at radius 1 is 1.32 bits per heavy atom. The Balaban J connectivity index is 0.00000312. The predicted molar refractivity (Wildman–Crippen MR) is 114 cm³/mol. The van der Waals surface area contributed by atoms with Gasteiger partial charge in [0.2, 0.25) is 0 Å². The number of hydrogen-bond acceptors (Lipinski definition) is 3. The van der Waals surface area contributed by atoms with E-state index in [9.17, 15) is 4.39 Å². The largest absolute Gasteiger partial charge is 0.356 e. The average Bonchev–Trinajstić information content (AvgIpc) is 2.98. The van der Waals surface area contributed by atoms with Gasteiger partial charge in [-0.15, -0.1) is 24.0 Å². The summed E-state index contributed by atoms with van der Waals surface area (Å²) in [7, 11) is 3.65. The number of nitrogens with zero attached hydrogens (tertiary/aromatic N) is 3. The van der Waals surface area contributed by atoms with Gasteiger partial charge in [0.05, 0.1) is 6.20 Å². The van der Waals surface area contributed by atoms with Gasteiger partial charge in [-0.25, -0.2) is 4.39 Å². The minimum absolute atomic E-state index is 0. The average molecular weight is 477 g/mol. The lowest BCUT2D eigenvalue weighted by atomic mass is 10.1. The molecule has 0 amide bonds. The Bertz CT molecular complexity index is 689. The lowest BCUT2D eigenvalue weighted by Crippen LogP contribution is -2.38. The monoisotopic (exact) mass is 477 g/mol. The van der Waals surface area contributed by atoms with Gasteiger partial charge in [0.15, 0.2) is 5.96 Å². The van der Waals surface area contributed by atoms with E-state index in [0.717, 1.165) is 35.8 Å². The molecule has 1 aromatic heterocycles. The maximum absolute atomic E-state index is 13.4. The Kier molecular flexibility index (Phi) is 9.88. The van der Waals surface area contributed by atoms with Crippen molar-refractivity contribution in [2.24, 2.45) is 12.0 Å². The molecule has 1 aromatic carbocycles. The highest BCUT2D eigenvalue weighted by Crippen LogP contribution is 2.16. The Hall–Kier alpha value is -1.29. The fraction of sp³-hybridized carbons (Fsp3) is 0.412. The van der Waals surface area contributed by atoms with Crippen LogP contribution in [0.5, 0.6) is 0 Å². The Labute approximate surface area is 169 Å². The van der Waals surface area contributed by atoms with Crippen LogP contribution < -0.4 is 10.6 Å². The highest BCUT2D eigenvalue weighted by Gasteiger charge is 2.05. The topological polar surface area (TPSA) is 54.2 Å². The number of aryl methyl sites for hydroxylation is 1. The number of benzene rings is 1. The number of halogens is 2. The maximum atomic E-state index is 13.4. The van der Waals surface area contributed by atoms with E-state index in [1.54, 1.807) is 29.6 Å². The molecule has 0 aliphatic heterocycles. The van der Waals surface area contributed by atoms with Gasteiger partial charge in [0, 0.05) is 39.1 Å². The molecule has 2 aromatic rings. The summed E-state index contributed by atoms with van der Waals surface area (Å²) in [5.74, 6) is 1.34. The van der Waals surface area contributed by atoms with Gasteiger partial charge in [0.1, 0.15) is 5.82 Å². The Morgan fingerprint density at radius 3 is 2.76 bits per heavy atom. The lowest BCUT2D eigenvalue weighted by Gasteiger charge is -2.14. The Morgan fingerprint density at radius 2 is 2.12 bits per heavy atom. The van der Waals surface area contributed by atoms with Crippen LogP contribution in [0.1, 0.15) is 16.7 Å². The molecule has 138 valence electrons. The first-order valence-corrected chi connectivity index (χ1v) is 9.20. The molecule has 0 spiro atoms. The summed E-state index contributed by atoms with van der Waals surface area (Å²) in [5.41, 5.74) is 3.28. The molecule has 0 atom stereocenters. The van der Waals surface area contributed by atoms with Gasteiger partial charge in [-0.3, -0.25) is 9.67 Å². The summed E-state index contributed by atoms with van der Waals surface area (Å²) < 4.78 is 15.2. The predicted octanol–water partition coefficient (Wildman–Crippen LogP) is 2.95. The zero-order chi connectivity index (χ0) is 17.4. The molecule has 25 heavy (non-hydrogen) atoms. The molecule has 0 unspecified atom stereocenters. The maximum Gasteiger partial charge on any atom is 0.191 e. The van der Waals surface area contributed by atoms with Crippen molar-refractivity contribution in [3.8, 4) is 0 Å². The van der Waals surface area contributed by atoms with E-state index >= 15 is 0 Å².